The third kappa shape index (κ3) is 2.64. The summed E-state index contributed by atoms with van der Waals surface area (Å²) < 4.78 is 5.80. The van der Waals surface area contributed by atoms with E-state index in [2.05, 4.69) is 12.1 Å². The summed E-state index contributed by atoms with van der Waals surface area (Å²) in [5.74, 6) is 0.842. The van der Waals surface area contributed by atoms with Crippen molar-refractivity contribution in [2.75, 3.05) is 0 Å². The summed E-state index contributed by atoms with van der Waals surface area (Å²) in [6.07, 6.45) is 2.03. The Hall–Kier alpha value is -1.22. The minimum atomic E-state index is 0.168. The monoisotopic (exact) mass is 307 g/mol. The van der Waals surface area contributed by atoms with Gasteiger partial charge >= 0.3 is 0 Å². The Labute approximate surface area is 128 Å². The zero-order valence-electron chi connectivity index (χ0n) is 10.9. The van der Waals surface area contributed by atoms with Gasteiger partial charge in [0.05, 0.1) is 10.0 Å². The summed E-state index contributed by atoms with van der Waals surface area (Å²) in [4.78, 5) is 0. The van der Waals surface area contributed by atoms with Crippen molar-refractivity contribution in [2.45, 2.75) is 25.5 Å². The summed E-state index contributed by atoms with van der Waals surface area (Å²) in [7, 11) is 0. The van der Waals surface area contributed by atoms with Crippen molar-refractivity contribution in [1.82, 2.24) is 0 Å². The number of benzene rings is 2. The molecule has 2 aromatic carbocycles. The second-order valence-electron chi connectivity index (χ2n) is 5.01. The summed E-state index contributed by atoms with van der Waals surface area (Å²) >= 11 is 12.1. The molecule has 2 N–H and O–H groups in total. The maximum Gasteiger partial charge on any atom is 0.120 e. The molecule has 0 spiro atoms. The van der Waals surface area contributed by atoms with Gasteiger partial charge in [0.1, 0.15) is 12.4 Å². The average molecular weight is 308 g/mol. The van der Waals surface area contributed by atoms with Gasteiger partial charge in [-0.05, 0) is 42.2 Å². The van der Waals surface area contributed by atoms with E-state index in [4.69, 9.17) is 33.7 Å². The fourth-order valence-corrected chi connectivity index (χ4v) is 2.91. The zero-order chi connectivity index (χ0) is 14.1. The first-order valence-corrected chi connectivity index (χ1v) is 7.35. The summed E-state index contributed by atoms with van der Waals surface area (Å²) in [5.41, 5.74) is 9.43. The van der Waals surface area contributed by atoms with Gasteiger partial charge in [-0.15, -0.1) is 0 Å². The van der Waals surface area contributed by atoms with E-state index in [0.29, 0.717) is 16.7 Å². The number of fused-ring (bicyclic) bond motifs is 1. The van der Waals surface area contributed by atoms with Gasteiger partial charge in [-0.3, -0.25) is 0 Å². The normalized spacial score (nSPS) is 17.1. The average Bonchev–Trinajstić information content (AvgIpc) is 2.82. The fourth-order valence-electron chi connectivity index (χ4n) is 2.54. The maximum atomic E-state index is 6.14. The van der Waals surface area contributed by atoms with Crippen LogP contribution in [0.15, 0.2) is 36.4 Å². The van der Waals surface area contributed by atoms with Gasteiger partial charge in [-0.2, -0.15) is 0 Å². The molecule has 0 heterocycles. The van der Waals surface area contributed by atoms with Crippen molar-refractivity contribution in [2.24, 2.45) is 5.73 Å². The Morgan fingerprint density at radius 2 is 2.05 bits per heavy atom. The molecule has 0 amide bonds. The van der Waals surface area contributed by atoms with E-state index in [1.165, 1.54) is 11.1 Å². The van der Waals surface area contributed by atoms with Crippen LogP contribution in [0.4, 0.5) is 0 Å². The minimum Gasteiger partial charge on any atom is -0.489 e. The molecule has 104 valence electrons. The fraction of sp³-hybridized carbons (Fsp3) is 0.250. The van der Waals surface area contributed by atoms with Crippen LogP contribution in [0.2, 0.25) is 10.0 Å². The summed E-state index contributed by atoms with van der Waals surface area (Å²) in [6.45, 7) is 0.407. The number of hydrogen-bond donors (Lipinski definition) is 1. The van der Waals surface area contributed by atoms with Crippen LogP contribution in [0.3, 0.4) is 0 Å². The molecule has 4 heteroatoms. The van der Waals surface area contributed by atoms with Crippen LogP contribution >= 0.6 is 23.2 Å². The van der Waals surface area contributed by atoms with Crippen molar-refractivity contribution in [3.8, 4) is 5.75 Å². The number of aryl methyl sites for hydroxylation is 1. The van der Waals surface area contributed by atoms with E-state index in [-0.39, 0.29) is 6.04 Å². The van der Waals surface area contributed by atoms with Crippen LogP contribution in [0.25, 0.3) is 0 Å². The number of nitrogens with two attached hydrogens (primary N) is 1. The zero-order valence-corrected chi connectivity index (χ0v) is 12.4. The molecule has 0 aromatic heterocycles. The van der Waals surface area contributed by atoms with Gasteiger partial charge in [0.2, 0.25) is 0 Å². The lowest BCUT2D eigenvalue weighted by Crippen LogP contribution is -2.05. The van der Waals surface area contributed by atoms with Gasteiger partial charge in [0.15, 0.2) is 0 Å². The largest absolute Gasteiger partial charge is 0.489 e. The van der Waals surface area contributed by atoms with Crippen molar-refractivity contribution < 1.29 is 4.74 Å². The second kappa shape index (κ2) is 5.65. The highest BCUT2D eigenvalue weighted by molar-refractivity contribution is 6.42. The van der Waals surface area contributed by atoms with Gasteiger partial charge in [-0.1, -0.05) is 41.4 Å². The molecule has 2 aromatic rings. The first kappa shape index (κ1) is 13.7. The predicted molar refractivity (Wildman–Crippen MR) is 82.5 cm³/mol. The lowest BCUT2D eigenvalue weighted by Gasteiger charge is -2.11. The van der Waals surface area contributed by atoms with Crippen molar-refractivity contribution in [3.63, 3.8) is 0 Å². The highest BCUT2D eigenvalue weighted by atomic mass is 35.5. The summed E-state index contributed by atoms with van der Waals surface area (Å²) in [5, 5.41) is 1.10. The topological polar surface area (TPSA) is 35.2 Å². The molecule has 1 aliphatic rings. The van der Waals surface area contributed by atoms with Gasteiger partial charge < -0.3 is 10.5 Å². The van der Waals surface area contributed by atoms with Crippen LogP contribution < -0.4 is 10.5 Å². The molecule has 1 aliphatic carbocycles. The molecule has 3 rings (SSSR count). The van der Waals surface area contributed by atoms with E-state index in [0.717, 1.165) is 24.2 Å². The number of hydrogen-bond acceptors (Lipinski definition) is 2. The summed E-state index contributed by atoms with van der Waals surface area (Å²) in [6, 6.07) is 11.8. The Bertz CT molecular complexity index is 642. The van der Waals surface area contributed by atoms with Crippen molar-refractivity contribution in [3.05, 3.63) is 63.1 Å². The first-order valence-electron chi connectivity index (χ1n) is 6.59. The molecule has 0 fully saturated rings. The van der Waals surface area contributed by atoms with Crippen molar-refractivity contribution >= 4 is 23.2 Å². The quantitative estimate of drug-likeness (QED) is 0.905. The van der Waals surface area contributed by atoms with Crippen LogP contribution in [0.5, 0.6) is 5.75 Å². The van der Waals surface area contributed by atoms with E-state index in [1.807, 2.05) is 18.2 Å². The second-order valence-corrected chi connectivity index (χ2v) is 5.79. The van der Waals surface area contributed by atoms with Crippen LogP contribution in [0, 0.1) is 0 Å². The van der Waals surface area contributed by atoms with Crippen LogP contribution in [0.1, 0.15) is 29.2 Å². The minimum absolute atomic E-state index is 0.168. The Morgan fingerprint density at radius 3 is 2.90 bits per heavy atom. The third-order valence-electron chi connectivity index (χ3n) is 3.66. The number of rotatable bonds is 3. The first-order chi connectivity index (χ1) is 9.65. The third-order valence-corrected chi connectivity index (χ3v) is 4.52. The Balaban J connectivity index is 1.74. The van der Waals surface area contributed by atoms with E-state index in [1.54, 1.807) is 6.07 Å². The van der Waals surface area contributed by atoms with Gasteiger partial charge in [0.25, 0.3) is 0 Å². The standard InChI is InChI=1S/C16H15Cl2NO/c17-14-3-1-2-11(16(14)18)9-20-12-5-6-13-10(8-12)4-7-15(13)19/h1-3,5-6,8,15H,4,7,9,19H2/t15-/m0/s1. The van der Waals surface area contributed by atoms with E-state index >= 15 is 0 Å². The number of halogens is 2. The highest BCUT2D eigenvalue weighted by Crippen LogP contribution is 2.32. The lowest BCUT2D eigenvalue weighted by atomic mass is 10.1. The molecule has 20 heavy (non-hydrogen) atoms. The number of ether oxygens (including phenoxy) is 1. The predicted octanol–water partition coefficient (Wildman–Crippen LogP) is 4.52. The van der Waals surface area contributed by atoms with Crippen LogP contribution in [-0.2, 0) is 13.0 Å². The molecule has 0 unspecified atom stereocenters. The Morgan fingerprint density at radius 1 is 1.20 bits per heavy atom. The van der Waals surface area contributed by atoms with Crippen LogP contribution in [-0.4, -0.2) is 0 Å². The molecule has 2 nitrogen and oxygen atoms in total. The van der Waals surface area contributed by atoms with Crippen molar-refractivity contribution in [1.29, 1.82) is 0 Å². The van der Waals surface area contributed by atoms with E-state index in [9.17, 15) is 0 Å². The van der Waals surface area contributed by atoms with Gasteiger partial charge in [0, 0.05) is 11.6 Å². The molecule has 1 atom stereocenters. The Kier molecular flexibility index (Phi) is 3.88. The molecule has 0 bridgehead atoms. The highest BCUT2D eigenvalue weighted by Gasteiger charge is 2.19. The molecule has 0 radical (unpaired) electrons. The molecule has 0 saturated carbocycles. The van der Waals surface area contributed by atoms with Gasteiger partial charge in [-0.25, -0.2) is 0 Å². The molecular weight excluding hydrogens is 293 g/mol. The molecule has 0 saturated heterocycles. The molecule has 0 aliphatic heterocycles. The lowest BCUT2D eigenvalue weighted by molar-refractivity contribution is 0.306. The molecular formula is C16H15Cl2NO. The SMILES string of the molecule is N[C@H]1CCc2cc(OCc3cccc(Cl)c3Cl)ccc21. The smallest absolute Gasteiger partial charge is 0.120 e. The van der Waals surface area contributed by atoms with E-state index < -0.39 is 0 Å². The maximum absolute atomic E-state index is 6.14.